The van der Waals surface area contributed by atoms with E-state index >= 15 is 0 Å². The van der Waals surface area contributed by atoms with Gasteiger partial charge in [-0.05, 0) is 12.8 Å². The number of hydrogen-bond acceptors (Lipinski definition) is 7. The molecule has 1 aliphatic heterocycles. The summed E-state index contributed by atoms with van der Waals surface area (Å²) in [5.74, 6) is -0.600. The number of nitrogens with zero attached hydrogens (tertiary/aromatic N) is 1. The zero-order chi connectivity index (χ0) is 33.1. The molecule has 1 saturated heterocycles. The topological polar surface area (TPSA) is 145 Å². The van der Waals surface area contributed by atoms with Crippen molar-refractivity contribution in [1.82, 2.24) is 10.2 Å². The number of carbonyl (C=O) groups is 2. The van der Waals surface area contributed by atoms with Crippen LogP contribution in [0.15, 0.2) is 0 Å². The molecule has 6 N–H and O–H groups in total. The highest BCUT2D eigenvalue weighted by Crippen LogP contribution is 2.26. The fourth-order valence-corrected chi connectivity index (χ4v) is 6.37. The lowest BCUT2D eigenvalue weighted by atomic mass is 9.94. The Morgan fingerprint density at radius 2 is 1.09 bits per heavy atom. The molecule has 266 valence electrons. The van der Waals surface area contributed by atoms with Crippen LogP contribution in [0.3, 0.4) is 0 Å². The summed E-state index contributed by atoms with van der Waals surface area (Å²) in [6, 6.07) is -1.04. The van der Waals surface area contributed by atoms with Gasteiger partial charge in [0.1, 0.15) is 24.4 Å². The maximum atomic E-state index is 13.6. The molecule has 0 bridgehead atoms. The Kier molecular flexibility index (Phi) is 25.8. The van der Waals surface area contributed by atoms with Gasteiger partial charge in [0.05, 0.1) is 13.2 Å². The van der Waals surface area contributed by atoms with Gasteiger partial charge in [0, 0.05) is 13.0 Å². The van der Waals surface area contributed by atoms with E-state index in [1.807, 2.05) is 0 Å². The molecule has 0 aliphatic carbocycles. The maximum absolute atomic E-state index is 13.6. The molecule has 0 spiro atoms. The van der Waals surface area contributed by atoms with E-state index < -0.39 is 43.1 Å². The van der Waals surface area contributed by atoms with Gasteiger partial charge in [0.15, 0.2) is 6.23 Å². The Bertz CT molecular complexity index is 727. The number of carbonyl (C=O) groups excluding carboxylic acids is 2. The normalized spacial score (nSPS) is 21.6. The SMILES string of the molecule is CCCCCCCCCCCCCCN(C(=O)CCCCCCCCCCCCC)[C@@H]1O[C@H](CO)[C@@H](O)[C@H](O)[C@H]1NC(=O)CN. The lowest BCUT2D eigenvalue weighted by molar-refractivity contribution is -0.231. The number of unbranched alkanes of at least 4 members (excludes halogenated alkanes) is 21. The highest BCUT2D eigenvalue weighted by Gasteiger charge is 2.47. The minimum absolute atomic E-state index is 0.0914. The lowest BCUT2D eigenvalue weighted by Crippen LogP contribution is -2.69. The third-order valence-corrected chi connectivity index (χ3v) is 9.29. The maximum Gasteiger partial charge on any atom is 0.234 e. The van der Waals surface area contributed by atoms with E-state index in [9.17, 15) is 24.9 Å². The van der Waals surface area contributed by atoms with Gasteiger partial charge < -0.3 is 36.0 Å². The summed E-state index contributed by atoms with van der Waals surface area (Å²) in [5.41, 5.74) is 5.52. The standard InChI is InChI=1S/C36H71N3O6/c1-3-5-7-9-11-13-15-17-19-21-23-25-27-39(32(42)26-24-22-20-18-16-14-12-10-8-6-4-2)36-33(38-31(41)28-37)35(44)34(43)30(29-40)45-36/h30,33-36,40,43-44H,3-29,37H2,1-2H3,(H,38,41)/t30-,33-,34-,35-,36-/m1/s1. The third kappa shape index (κ3) is 18.6. The summed E-state index contributed by atoms with van der Waals surface area (Å²) in [7, 11) is 0. The molecule has 1 rings (SSSR count). The van der Waals surface area contributed by atoms with Crippen molar-refractivity contribution in [3.63, 3.8) is 0 Å². The first-order valence-electron chi connectivity index (χ1n) is 18.8. The summed E-state index contributed by atoms with van der Waals surface area (Å²) in [4.78, 5) is 27.5. The molecule has 1 aliphatic rings. The number of amides is 2. The van der Waals surface area contributed by atoms with Gasteiger partial charge in [0.25, 0.3) is 0 Å². The molecule has 0 aromatic rings. The quantitative estimate of drug-likeness (QED) is 0.0621. The van der Waals surface area contributed by atoms with Crippen molar-refractivity contribution in [2.45, 2.75) is 199 Å². The Morgan fingerprint density at radius 3 is 1.51 bits per heavy atom. The highest BCUT2D eigenvalue weighted by molar-refractivity contribution is 5.79. The molecule has 45 heavy (non-hydrogen) atoms. The molecule has 0 aromatic carbocycles. The molecule has 0 radical (unpaired) electrons. The van der Waals surface area contributed by atoms with Gasteiger partial charge >= 0.3 is 0 Å². The largest absolute Gasteiger partial charge is 0.394 e. The Labute approximate surface area is 275 Å². The zero-order valence-corrected chi connectivity index (χ0v) is 29.1. The number of rotatable bonds is 29. The van der Waals surface area contributed by atoms with E-state index in [-0.39, 0.29) is 12.5 Å². The zero-order valence-electron chi connectivity index (χ0n) is 29.1. The average Bonchev–Trinajstić information content (AvgIpc) is 3.04. The Balaban J connectivity index is 2.64. The monoisotopic (exact) mass is 642 g/mol. The minimum atomic E-state index is -1.41. The van der Waals surface area contributed by atoms with Crippen LogP contribution in [-0.2, 0) is 14.3 Å². The highest BCUT2D eigenvalue weighted by atomic mass is 16.5. The van der Waals surface area contributed by atoms with Gasteiger partial charge in [-0.15, -0.1) is 0 Å². The smallest absolute Gasteiger partial charge is 0.234 e. The molecule has 9 heteroatoms. The van der Waals surface area contributed by atoms with Crippen molar-refractivity contribution < 1.29 is 29.6 Å². The molecule has 1 heterocycles. The van der Waals surface area contributed by atoms with Crippen molar-refractivity contribution in [1.29, 1.82) is 0 Å². The second-order valence-corrected chi connectivity index (χ2v) is 13.3. The second kappa shape index (κ2) is 27.8. The van der Waals surface area contributed by atoms with Crippen molar-refractivity contribution >= 4 is 11.8 Å². The van der Waals surface area contributed by atoms with Crippen LogP contribution in [0.5, 0.6) is 0 Å². The summed E-state index contributed by atoms with van der Waals surface area (Å²) >= 11 is 0. The van der Waals surface area contributed by atoms with Gasteiger partial charge in [-0.25, -0.2) is 0 Å². The molecule has 1 fully saturated rings. The average molecular weight is 642 g/mol. The number of nitrogens with two attached hydrogens (primary N) is 1. The van der Waals surface area contributed by atoms with E-state index in [2.05, 4.69) is 19.2 Å². The van der Waals surface area contributed by atoms with Crippen molar-refractivity contribution in [2.24, 2.45) is 5.73 Å². The first kappa shape index (κ1) is 41.8. The molecule has 2 amide bonds. The predicted molar refractivity (Wildman–Crippen MR) is 183 cm³/mol. The third-order valence-electron chi connectivity index (χ3n) is 9.29. The van der Waals surface area contributed by atoms with Gasteiger partial charge in [-0.1, -0.05) is 149 Å². The number of aliphatic hydroxyl groups is 3. The second-order valence-electron chi connectivity index (χ2n) is 13.3. The molecule has 9 nitrogen and oxygen atoms in total. The minimum Gasteiger partial charge on any atom is -0.394 e. The van der Waals surface area contributed by atoms with E-state index in [4.69, 9.17) is 10.5 Å². The van der Waals surface area contributed by atoms with Crippen molar-refractivity contribution in [2.75, 3.05) is 19.7 Å². The molecule has 0 saturated carbocycles. The van der Waals surface area contributed by atoms with Gasteiger partial charge in [-0.3, -0.25) is 9.59 Å². The van der Waals surface area contributed by atoms with E-state index in [0.717, 1.165) is 38.5 Å². The van der Waals surface area contributed by atoms with Crippen LogP contribution in [0.4, 0.5) is 0 Å². The number of aliphatic hydroxyl groups excluding tert-OH is 3. The van der Waals surface area contributed by atoms with Crippen LogP contribution >= 0.6 is 0 Å². The first-order valence-corrected chi connectivity index (χ1v) is 18.8. The summed E-state index contributed by atoms with van der Waals surface area (Å²) in [6.07, 6.45) is 23.1. The molecule has 0 unspecified atom stereocenters. The molecular weight excluding hydrogens is 570 g/mol. The first-order chi connectivity index (χ1) is 21.9. The van der Waals surface area contributed by atoms with Gasteiger partial charge in [0.2, 0.25) is 11.8 Å². The van der Waals surface area contributed by atoms with Gasteiger partial charge in [-0.2, -0.15) is 0 Å². The molecule has 5 atom stereocenters. The van der Waals surface area contributed by atoms with E-state index in [0.29, 0.717) is 13.0 Å². The Morgan fingerprint density at radius 1 is 0.667 bits per heavy atom. The summed E-state index contributed by atoms with van der Waals surface area (Å²) < 4.78 is 6.01. The predicted octanol–water partition coefficient (Wildman–Crippen LogP) is 6.10. The van der Waals surface area contributed by atoms with Crippen molar-refractivity contribution in [3.8, 4) is 0 Å². The van der Waals surface area contributed by atoms with E-state index in [1.54, 1.807) is 4.90 Å². The molecular formula is C36H71N3O6. The molecule has 0 aromatic heterocycles. The number of hydrogen-bond donors (Lipinski definition) is 5. The van der Waals surface area contributed by atoms with Crippen LogP contribution in [0.1, 0.15) is 168 Å². The van der Waals surface area contributed by atoms with E-state index in [1.165, 1.54) is 109 Å². The van der Waals surface area contributed by atoms with Crippen LogP contribution in [-0.4, -0.2) is 82.3 Å². The van der Waals surface area contributed by atoms with Crippen LogP contribution in [0.25, 0.3) is 0 Å². The Hall–Kier alpha value is -1.26. The number of nitrogens with one attached hydrogen (secondary N) is 1. The number of ether oxygens (including phenoxy) is 1. The summed E-state index contributed by atoms with van der Waals surface area (Å²) in [5, 5.41) is 33.9. The fraction of sp³-hybridized carbons (Fsp3) is 0.944. The summed E-state index contributed by atoms with van der Waals surface area (Å²) in [6.45, 7) is 4.11. The van der Waals surface area contributed by atoms with Crippen LogP contribution in [0.2, 0.25) is 0 Å². The van der Waals surface area contributed by atoms with Crippen LogP contribution < -0.4 is 11.1 Å². The lowest BCUT2D eigenvalue weighted by Gasteiger charge is -2.46. The fourth-order valence-electron chi connectivity index (χ4n) is 6.37. The van der Waals surface area contributed by atoms with Crippen molar-refractivity contribution in [3.05, 3.63) is 0 Å². The van der Waals surface area contributed by atoms with Crippen LogP contribution in [0, 0.1) is 0 Å².